The van der Waals surface area contributed by atoms with E-state index in [0.717, 1.165) is 0 Å². The van der Waals surface area contributed by atoms with Crippen LogP contribution in [0, 0.1) is 0 Å². The van der Waals surface area contributed by atoms with Crippen LogP contribution in [0.3, 0.4) is 0 Å². The second-order valence-electron chi connectivity index (χ2n) is 2.22. The fraction of sp³-hybridized carbons (Fsp3) is 0. The Labute approximate surface area is 111 Å². The monoisotopic (exact) mass is 385 g/mol. The van der Waals surface area contributed by atoms with Crippen molar-refractivity contribution in [2.75, 3.05) is 0 Å². The molecule has 19 heavy (non-hydrogen) atoms. The van der Waals surface area contributed by atoms with Gasteiger partial charge in [0.1, 0.15) is 0 Å². The molecule has 12 nitrogen and oxygen atoms in total. The fourth-order valence-corrected chi connectivity index (χ4v) is 2.49. The van der Waals surface area contributed by atoms with Gasteiger partial charge in [0.2, 0.25) is 0 Å². The predicted molar refractivity (Wildman–Crippen MR) is 39.1 cm³/mol. The molecule has 0 spiro atoms. The molecule has 0 bridgehead atoms. The van der Waals surface area contributed by atoms with Crippen LogP contribution in [0.25, 0.3) is 0 Å². The van der Waals surface area contributed by atoms with Crippen molar-refractivity contribution in [3.05, 3.63) is 0 Å². The number of carboxylic acids is 3. The Morgan fingerprint density at radius 1 is 0.579 bits per heavy atom. The first-order valence-electron chi connectivity index (χ1n) is 3.75. The zero-order valence-corrected chi connectivity index (χ0v) is 10.9. The molecule has 0 radical (unpaired) electrons. The topological polar surface area (TPSA) is 199 Å². The van der Waals surface area contributed by atoms with Crippen LogP contribution in [0.5, 0.6) is 0 Å². The van der Waals surface area contributed by atoms with Crippen molar-refractivity contribution in [1.82, 2.24) is 0 Å². The summed E-state index contributed by atoms with van der Waals surface area (Å²) < 4.78 is 11.3. The van der Waals surface area contributed by atoms with Crippen molar-refractivity contribution < 1.29 is 53.1 Å². The first-order valence-corrected chi connectivity index (χ1v) is 6.87. The molecule has 0 saturated heterocycles. The zero-order valence-electron chi connectivity index (χ0n) is 8.35. The minimum absolute atomic E-state index is 2.15. The van der Waals surface area contributed by atoms with E-state index in [2.05, 4.69) is 9.05 Å². The average Bonchev–Trinajstić information content (AvgIpc) is 2.27. The van der Waals surface area contributed by atoms with E-state index in [9.17, 15) is 44.1 Å². The van der Waals surface area contributed by atoms with E-state index < -0.39 is 57.3 Å². The molecule has 0 aromatic carbocycles. The minimum atomic E-state index is -4.87. The van der Waals surface area contributed by atoms with E-state index in [1.54, 1.807) is 0 Å². The number of carboxylic acid groups (broad SMARTS) is 3. The summed E-state index contributed by atoms with van der Waals surface area (Å²) >= 11 is -4.87. The molecule has 0 unspecified atom stereocenters. The quantitative estimate of drug-likeness (QED) is 0.328. The first-order chi connectivity index (χ1) is 8.65. The third-order valence-corrected chi connectivity index (χ3v) is 3.67. The molecular weight excluding hydrogens is 386 g/mol. The van der Waals surface area contributed by atoms with Gasteiger partial charge in [-0.3, -0.25) is 0 Å². The molecule has 0 atom stereocenters. The summed E-state index contributed by atoms with van der Waals surface area (Å²) in [5.41, 5.74) is 0. The fourth-order valence-electron chi connectivity index (χ4n) is 0.371. The molecule has 0 saturated carbocycles. The summed E-state index contributed by atoms with van der Waals surface area (Å²) in [5, 5.41) is 29.9. The summed E-state index contributed by atoms with van der Waals surface area (Å²) in [4.78, 5) is 61.5. The summed E-state index contributed by atoms with van der Waals surface area (Å²) in [6.45, 7) is 0. The van der Waals surface area contributed by atoms with Crippen molar-refractivity contribution in [3.63, 3.8) is 0 Å². The van der Waals surface area contributed by atoms with Gasteiger partial charge in [-0.05, 0) is 0 Å². The van der Waals surface area contributed by atoms with Crippen LogP contribution in [0.2, 0.25) is 0 Å². The summed E-state index contributed by atoms with van der Waals surface area (Å²) in [6, 6.07) is 0. The van der Waals surface area contributed by atoms with Gasteiger partial charge in [0.15, 0.2) is 0 Å². The van der Waals surface area contributed by atoms with Crippen LogP contribution < -0.4 is 15.3 Å². The number of aliphatic carboxylic acids is 3. The van der Waals surface area contributed by atoms with E-state index in [4.69, 9.17) is 0 Å². The Bertz CT molecular complexity index is 385. The summed E-state index contributed by atoms with van der Waals surface area (Å²) in [5.74, 6) is -13.7. The third-order valence-electron chi connectivity index (χ3n) is 0.972. The average molecular weight is 386 g/mol. The SMILES string of the molecule is O=C([O-])C(=O)[O][Sb]([O]C(=O)C(=O)[O-])[O]C(=O)C(=O)[O-]. The Morgan fingerprint density at radius 3 is 0.947 bits per heavy atom. The third kappa shape index (κ3) is 6.21. The van der Waals surface area contributed by atoms with Gasteiger partial charge >= 0.3 is 110 Å². The van der Waals surface area contributed by atoms with Gasteiger partial charge in [-0.25, -0.2) is 0 Å². The molecule has 0 aliphatic heterocycles. The molecule has 104 valence electrons. The number of carbonyl (C=O) groups excluding carboxylic acids is 6. The molecule has 0 N–H and O–H groups in total. The van der Waals surface area contributed by atoms with Gasteiger partial charge in [0.25, 0.3) is 0 Å². The Hall–Kier alpha value is -2.36. The molecule has 0 aliphatic rings. The van der Waals surface area contributed by atoms with E-state index >= 15 is 0 Å². The normalized spacial score (nSPS) is 9.32. The van der Waals surface area contributed by atoms with Crippen molar-refractivity contribution >= 4 is 57.3 Å². The molecular formula is C6O12Sb-3. The molecule has 0 heterocycles. The van der Waals surface area contributed by atoms with Crippen molar-refractivity contribution in [2.24, 2.45) is 0 Å². The number of carbonyl (C=O) groups is 6. The number of hydrogen-bond acceptors (Lipinski definition) is 12. The van der Waals surface area contributed by atoms with Crippen molar-refractivity contribution in [3.8, 4) is 0 Å². The van der Waals surface area contributed by atoms with Gasteiger partial charge in [0.05, 0.1) is 0 Å². The standard InChI is InChI=1S/3C2H2O4.Sb/c3*3-1(4)2(5)6;/h3*(H,3,4)(H,5,6);/q;;;+3/p-6. The van der Waals surface area contributed by atoms with Crippen LogP contribution in [-0.4, -0.2) is 57.3 Å². The Morgan fingerprint density at radius 2 is 0.789 bits per heavy atom. The maximum atomic E-state index is 10.5. The molecule has 0 aromatic rings. The second kappa shape index (κ2) is 7.16. The molecule has 13 heteroatoms. The summed E-state index contributed by atoms with van der Waals surface area (Å²) in [6.07, 6.45) is 0. The van der Waals surface area contributed by atoms with Crippen LogP contribution in [-0.2, 0) is 37.8 Å². The number of hydrogen-bond donors (Lipinski definition) is 0. The van der Waals surface area contributed by atoms with Gasteiger partial charge in [-0.15, -0.1) is 0 Å². The zero-order chi connectivity index (χ0) is 15.2. The van der Waals surface area contributed by atoms with Gasteiger partial charge in [0, 0.05) is 0 Å². The van der Waals surface area contributed by atoms with Crippen LogP contribution in [0.4, 0.5) is 0 Å². The van der Waals surface area contributed by atoms with Crippen molar-refractivity contribution in [1.29, 1.82) is 0 Å². The van der Waals surface area contributed by atoms with Crippen molar-refractivity contribution in [2.45, 2.75) is 0 Å². The maximum absolute atomic E-state index is 10.5. The van der Waals surface area contributed by atoms with E-state index in [1.807, 2.05) is 0 Å². The van der Waals surface area contributed by atoms with Crippen LogP contribution in [0.15, 0.2) is 0 Å². The molecule has 0 amide bonds. The van der Waals surface area contributed by atoms with Gasteiger partial charge in [-0.2, -0.15) is 0 Å². The molecule has 0 aromatic heterocycles. The van der Waals surface area contributed by atoms with E-state index in [0.29, 0.717) is 0 Å². The molecule has 0 rings (SSSR count). The predicted octanol–water partition coefficient (Wildman–Crippen LogP) is -7.15. The van der Waals surface area contributed by atoms with Gasteiger partial charge < -0.3 is 0 Å². The molecule has 0 fully saturated rings. The Kier molecular flexibility index (Phi) is 6.27. The first kappa shape index (κ1) is 16.6. The van der Waals surface area contributed by atoms with E-state index in [1.165, 1.54) is 0 Å². The molecule has 0 aliphatic carbocycles. The van der Waals surface area contributed by atoms with E-state index in [-0.39, 0.29) is 0 Å². The summed E-state index contributed by atoms with van der Waals surface area (Å²) in [7, 11) is 0. The number of rotatable bonds is 3. The Balaban J connectivity index is 4.82. The van der Waals surface area contributed by atoms with Crippen LogP contribution in [0.1, 0.15) is 0 Å². The van der Waals surface area contributed by atoms with Crippen LogP contribution >= 0.6 is 0 Å². The van der Waals surface area contributed by atoms with Gasteiger partial charge in [-0.1, -0.05) is 0 Å². The second-order valence-corrected chi connectivity index (χ2v) is 5.06.